The predicted molar refractivity (Wildman–Crippen MR) is 119 cm³/mol. The molecule has 1 aromatic heterocycles. The molecule has 1 fully saturated rings. The molecule has 0 bridgehead atoms. The minimum Gasteiger partial charge on any atom is -0.445 e. The van der Waals surface area contributed by atoms with Crippen LogP contribution in [-0.4, -0.2) is 71.0 Å². The molecule has 0 radical (unpaired) electrons. The molecular weight excluding hydrogens is 416 g/mol. The van der Waals surface area contributed by atoms with Gasteiger partial charge in [0.2, 0.25) is 0 Å². The fraction of sp³-hybridized carbons (Fsp3) is 0.478. The van der Waals surface area contributed by atoms with Gasteiger partial charge < -0.3 is 24.0 Å². The molecule has 166 valence electrons. The first kappa shape index (κ1) is 21.7. The number of hydrogen-bond donors (Lipinski definition) is 0. The van der Waals surface area contributed by atoms with E-state index in [1.807, 2.05) is 42.3 Å². The molecule has 3 heterocycles. The fourth-order valence-electron chi connectivity index (χ4n) is 4.20. The van der Waals surface area contributed by atoms with Gasteiger partial charge in [0, 0.05) is 56.2 Å². The molecule has 2 amide bonds. The van der Waals surface area contributed by atoms with Crippen molar-refractivity contribution in [1.29, 1.82) is 0 Å². The summed E-state index contributed by atoms with van der Waals surface area (Å²) < 4.78 is 7.64. The summed E-state index contributed by atoms with van der Waals surface area (Å²) >= 11 is 6.10. The minimum atomic E-state index is -0.348. The first-order valence-corrected chi connectivity index (χ1v) is 11.1. The van der Waals surface area contributed by atoms with Gasteiger partial charge in [0.25, 0.3) is 5.91 Å². The number of aromatic nitrogens is 1. The molecule has 1 aromatic carbocycles. The lowest BCUT2D eigenvalue weighted by Crippen LogP contribution is -2.47. The standard InChI is InChI=1S/C23H29ClN4O3/c1-17-10-18(12-20(24)11-17)16-31-23(30)28-5-3-4-27-14-19(13-21(27)15-28)22(29)26-8-6-25(2)7-9-26/h10-14H,3-9,15-16H2,1-2H3. The third-order valence-electron chi connectivity index (χ3n) is 5.93. The number of halogens is 1. The second kappa shape index (κ2) is 9.32. The first-order chi connectivity index (χ1) is 14.9. The highest BCUT2D eigenvalue weighted by molar-refractivity contribution is 6.30. The maximum atomic E-state index is 12.9. The van der Waals surface area contributed by atoms with Crippen LogP contribution in [0.1, 0.15) is 33.6 Å². The number of amides is 2. The Labute approximate surface area is 188 Å². The van der Waals surface area contributed by atoms with E-state index in [-0.39, 0.29) is 18.6 Å². The van der Waals surface area contributed by atoms with Gasteiger partial charge in [-0.3, -0.25) is 4.79 Å². The van der Waals surface area contributed by atoms with Crippen molar-refractivity contribution in [2.45, 2.75) is 33.0 Å². The summed E-state index contributed by atoms with van der Waals surface area (Å²) in [5.74, 6) is 0.0686. The number of benzene rings is 1. The van der Waals surface area contributed by atoms with Crippen molar-refractivity contribution in [3.05, 3.63) is 57.9 Å². The average Bonchev–Trinajstić information content (AvgIpc) is 3.03. The highest BCUT2D eigenvalue weighted by Crippen LogP contribution is 2.20. The molecule has 8 heteroatoms. The van der Waals surface area contributed by atoms with Gasteiger partial charge in [-0.25, -0.2) is 4.79 Å². The van der Waals surface area contributed by atoms with Crippen LogP contribution in [0.3, 0.4) is 0 Å². The zero-order valence-corrected chi connectivity index (χ0v) is 18.9. The monoisotopic (exact) mass is 444 g/mol. The van der Waals surface area contributed by atoms with E-state index in [1.165, 1.54) is 0 Å². The minimum absolute atomic E-state index is 0.0686. The summed E-state index contributed by atoms with van der Waals surface area (Å²) in [5.41, 5.74) is 3.56. The Hall–Kier alpha value is -2.51. The Morgan fingerprint density at radius 3 is 2.52 bits per heavy atom. The van der Waals surface area contributed by atoms with Gasteiger partial charge in [0.15, 0.2) is 0 Å². The molecule has 2 aliphatic heterocycles. The zero-order chi connectivity index (χ0) is 22.0. The van der Waals surface area contributed by atoms with Crippen LogP contribution >= 0.6 is 11.6 Å². The third kappa shape index (κ3) is 5.22. The number of piperazine rings is 1. The number of carbonyl (C=O) groups excluding carboxylic acids is 2. The molecule has 31 heavy (non-hydrogen) atoms. The Bertz CT molecular complexity index is 945. The molecule has 2 aromatic rings. The number of aryl methyl sites for hydroxylation is 2. The van der Waals surface area contributed by atoms with Crippen LogP contribution in [-0.2, 0) is 24.4 Å². The van der Waals surface area contributed by atoms with Crippen molar-refractivity contribution in [3.63, 3.8) is 0 Å². The SMILES string of the molecule is Cc1cc(Cl)cc(COC(=O)N2CCCn3cc(C(=O)N4CCN(C)CC4)cc3C2)c1. The Kier molecular flexibility index (Phi) is 6.53. The van der Waals surface area contributed by atoms with E-state index in [9.17, 15) is 9.59 Å². The lowest BCUT2D eigenvalue weighted by atomic mass is 10.1. The van der Waals surface area contributed by atoms with Crippen LogP contribution in [0.25, 0.3) is 0 Å². The maximum Gasteiger partial charge on any atom is 0.410 e. The van der Waals surface area contributed by atoms with E-state index in [0.717, 1.165) is 56.0 Å². The maximum absolute atomic E-state index is 12.9. The number of hydrogen-bond acceptors (Lipinski definition) is 4. The van der Waals surface area contributed by atoms with E-state index in [1.54, 1.807) is 4.90 Å². The molecule has 2 aliphatic rings. The number of likely N-dealkylation sites (N-methyl/N-ethyl adjacent to an activating group) is 1. The van der Waals surface area contributed by atoms with Gasteiger partial charge in [-0.1, -0.05) is 17.7 Å². The van der Waals surface area contributed by atoms with E-state index in [0.29, 0.717) is 23.7 Å². The summed E-state index contributed by atoms with van der Waals surface area (Å²) in [7, 11) is 2.07. The predicted octanol–water partition coefficient (Wildman–Crippen LogP) is 3.38. The van der Waals surface area contributed by atoms with E-state index >= 15 is 0 Å². The van der Waals surface area contributed by atoms with Crippen molar-refractivity contribution in [1.82, 2.24) is 19.3 Å². The van der Waals surface area contributed by atoms with Crippen molar-refractivity contribution >= 4 is 23.6 Å². The van der Waals surface area contributed by atoms with Crippen molar-refractivity contribution in [3.8, 4) is 0 Å². The number of nitrogens with zero attached hydrogens (tertiary/aromatic N) is 4. The normalized spacial score (nSPS) is 17.3. The van der Waals surface area contributed by atoms with Gasteiger partial charge >= 0.3 is 6.09 Å². The third-order valence-corrected chi connectivity index (χ3v) is 6.14. The highest BCUT2D eigenvalue weighted by atomic mass is 35.5. The molecular formula is C23H29ClN4O3. The van der Waals surface area contributed by atoms with Crippen LogP contribution in [0, 0.1) is 6.92 Å². The van der Waals surface area contributed by atoms with E-state index < -0.39 is 0 Å². The lowest BCUT2D eigenvalue weighted by Gasteiger charge is -2.32. The quantitative estimate of drug-likeness (QED) is 0.728. The van der Waals surface area contributed by atoms with Gasteiger partial charge in [0.05, 0.1) is 12.1 Å². The number of fused-ring (bicyclic) bond motifs is 1. The molecule has 7 nitrogen and oxygen atoms in total. The lowest BCUT2D eigenvalue weighted by molar-refractivity contribution is 0.0664. The van der Waals surface area contributed by atoms with Crippen molar-refractivity contribution in [2.24, 2.45) is 0 Å². The second-order valence-corrected chi connectivity index (χ2v) is 8.91. The number of rotatable bonds is 3. The summed E-state index contributed by atoms with van der Waals surface area (Å²) in [4.78, 5) is 31.5. The van der Waals surface area contributed by atoms with Gasteiger partial charge in [-0.05, 0) is 49.7 Å². The molecule has 1 saturated heterocycles. The van der Waals surface area contributed by atoms with Crippen molar-refractivity contribution < 1.29 is 14.3 Å². The van der Waals surface area contributed by atoms with Crippen LogP contribution in [0.5, 0.6) is 0 Å². The summed E-state index contributed by atoms with van der Waals surface area (Å²) in [5, 5.41) is 0.635. The van der Waals surface area contributed by atoms with Gasteiger partial charge in [0.1, 0.15) is 6.61 Å². The largest absolute Gasteiger partial charge is 0.445 e. The highest BCUT2D eigenvalue weighted by Gasteiger charge is 2.25. The first-order valence-electron chi connectivity index (χ1n) is 10.7. The van der Waals surface area contributed by atoms with Crippen LogP contribution in [0.15, 0.2) is 30.5 Å². The smallest absolute Gasteiger partial charge is 0.410 e. The van der Waals surface area contributed by atoms with Gasteiger partial charge in [-0.15, -0.1) is 0 Å². The summed E-state index contributed by atoms with van der Waals surface area (Å²) in [6.07, 6.45) is 2.40. The number of ether oxygens (including phenoxy) is 1. The molecule has 0 N–H and O–H groups in total. The average molecular weight is 445 g/mol. The molecule has 0 aliphatic carbocycles. The molecule has 0 saturated carbocycles. The van der Waals surface area contributed by atoms with Crippen LogP contribution in [0.4, 0.5) is 4.79 Å². The fourth-order valence-corrected chi connectivity index (χ4v) is 4.51. The topological polar surface area (TPSA) is 58.0 Å². The Morgan fingerprint density at radius 2 is 1.77 bits per heavy atom. The Balaban J connectivity index is 1.39. The molecule has 4 rings (SSSR count). The summed E-state index contributed by atoms with van der Waals surface area (Å²) in [6, 6.07) is 7.57. The summed E-state index contributed by atoms with van der Waals surface area (Å²) in [6.45, 7) is 7.26. The van der Waals surface area contributed by atoms with Crippen LogP contribution < -0.4 is 0 Å². The molecule has 0 atom stereocenters. The van der Waals surface area contributed by atoms with Crippen molar-refractivity contribution in [2.75, 3.05) is 39.8 Å². The van der Waals surface area contributed by atoms with E-state index in [2.05, 4.69) is 16.5 Å². The molecule has 0 spiro atoms. The van der Waals surface area contributed by atoms with Gasteiger partial charge in [-0.2, -0.15) is 0 Å². The van der Waals surface area contributed by atoms with Crippen LogP contribution in [0.2, 0.25) is 5.02 Å². The number of carbonyl (C=O) groups is 2. The zero-order valence-electron chi connectivity index (χ0n) is 18.1. The van der Waals surface area contributed by atoms with E-state index in [4.69, 9.17) is 16.3 Å². The second-order valence-electron chi connectivity index (χ2n) is 8.48. The molecule has 0 unspecified atom stereocenters. The Morgan fingerprint density at radius 1 is 1.00 bits per heavy atom.